The molecule has 0 bridgehead atoms. The van der Waals surface area contributed by atoms with Crippen LogP contribution in [0.5, 0.6) is 5.75 Å². The lowest BCUT2D eigenvalue weighted by Crippen LogP contribution is -2.43. The Balaban J connectivity index is 1.60. The first-order chi connectivity index (χ1) is 19.6. The number of anilines is 1. The summed E-state index contributed by atoms with van der Waals surface area (Å²) >= 11 is 7.29. The van der Waals surface area contributed by atoms with E-state index in [1.165, 1.54) is 0 Å². The van der Waals surface area contributed by atoms with Crippen molar-refractivity contribution in [1.82, 2.24) is 4.90 Å². The maximum Gasteiger partial charge on any atom is 0.262 e. The number of nitrogens with one attached hydrogen (secondary N) is 1. The lowest BCUT2D eigenvalue weighted by Gasteiger charge is -2.48. The van der Waals surface area contributed by atoms with Gasteiger partial charge in [-0.15, -0.1) is 0 Å². The number of allylic oxidation sites excluding steroid dienone is 4. The van der Waals surface area contributed by atoms with Gasteiger partial charge >= 0.3 is 0 Å². The third kappa shape index (κ3) is 5.89. The Hall–Kier alpha value is -2.71. The predicted octanol–water partition coefficient (Wildman–Crippen LogP) is 8.16. The fraction of sp³-hybridized carbons (Fsp3) is 0.441. The summed E-state index contributed by atoms with van der Waals surface area (Å²) in [7, 11) is 2.00. The van der Waals surface area contributed by atoms with E-state index >= 15 is 0 Å². The second-order valence-electron chi connectivity index (χ2n) is 13.6. The van der Waals surface area contributed by atoms with Crippen LogP contribution in [0.4, 0.5) is 5.69 Å². The number of carbonyl (C=O) groups is 3. The van der Waals surface area contributed by atoms with Gasteiger partial charge < -0.3 is 15.0 Å². The Labute approximate surface area is 265 Å². The zero-order valence-corrected chi connectivity index (χ0v) is 28.5. The molecule has 6 nitrogen and oxygen atoms in total. The molecule has 1 aliphatic heterocycles. The van der Waals surface area contributed by atoms with Crippen LogP contribution in [-0.4, -0.2) is 36.0 Å². The number of ether oxygens (including phenoxy) is 1. The lowest BCUT2D eigenvalue weighted by atomic mass is 9.63. The number of carbonyl (C=O) groups excluding carboxylic acids is 3. The average molecular weight is 698 g/mol. The van der Waals surface area contributed by atoms with Crippen LogP contribution in [0.15, 0.2) is 61.8 Å². The van der Waals surface area contributed by atoms with Crippen LogP contribution in [0.2, 0.25) is 0 Å². The molecule has 42 heavy (non-hydrogen) atoms. The topological polar surface area (TPSA) is 75.7 Å². The summed E-state index contributed by atoms with van der Waals surface area (Å²) in [4.78, 5) is 43.1. The van der Waals surface area contributed by atoms with Gasteiger partial charge in [-0.25, -0.2) is 0 Å². The number of halogens is 2. The molecule has 8 heteroatoms. The second kappa shape index (κ2) is 11.1. The first-order valence-electron chi connectivity index (χ1n) is 14.3. The standard InChI is InChI=1S/C34H38Br2N2O4/c1-18-8-9-19(2)23(10-18)37-28(41)17-42-32-21(11-20(35)12-22(32)36)29-30-24(13-33(3,4)15-26(30)39)38(7)25-14-34(5,6)16-27(40)31(25)29/h8-12,29H,13-17H2,1-7H3,(H,37,41). The van der Waals surface area contributed by atoms with E-state index in [2.05, 4.69) is 69.8 Å². The fourth-order valence-electron chi connectivity index (χ4n) is 6.62. The number of rotatable bonds is 5. The van der Waals surface area contributed by atoms with Crippen LogP contribution in [0.1, 0.15) is 76.0 Å². The van der Waals surface area contributed by atoms with Crippen molar-refractivity contribution in [3.63, 3.8) is 0 Å². The summed E-state index contributed by atoms with van der Waals surface area (Å²) in [6.07, 6.45) is 2.27. The molecule has 2 aliphatic carbocycles. The zero-order chi connectivity index (χ0) is 30.7. The summed E-state index contributed by atoms with van der Waals surface area (Å²) in [5, 5.41) is 2.96. The van der Waals surface area contributed by atoms with Crippen molar-refractivity contribution in [3.8, 4) is 5.75 Å². The van der Waals surface area contributed by atoms with E-state index in [1.807, 2.05) is 51.2 Å². The Morgan fingerprint density at radius 1 is 0.929 bits per heavy atom. The van der Waals surface area contributed by atoms with E-state index in [0.717, 1.165) is 45.5 Å². The fourth-order valence-corrected chi connectivity index (χ4v) is 7.99. The van der Waals surface area contributed by atoms with Crippen LogP contribution in [0.25, 0.3) is 0 Å². The maximum atomic E-state index is 13.9. The molecule has 0 saturated heterocycles. The number of ketones is 2. The van der Waals surface area contributed by atoms with Crippen molar-refractivity contribution >= 4 is 55.0 Å². The van der Waals surface area contributed by atoms with Crippen molar-refractivity contribution in [2.45, 2.75) is 73.1 Å². The number of hydrogen-bond donors (Lipinski definition) is 1. The average Bonchev–Trinajstić information content (AvgIpc) is 2.85. The first kappa shape index (κ1) is 30.7. The highest BCUT2D eigenvalue weighted by atomic mass is 79.9. The van der Waals surface area contributed by atoms with Crippen molar-refractivity contribution in [3.05, 3.63) is 78.5 Å². The van der Waals surface area contributed by atoms with Gasteiger partial charge in [0.05, 0.1) is 4.47 Å². The summed E-state index contributed by atoms with van der Waals surface area (Å²) in [6, 6.07) is 9.69. The molecule has 0 spiro atoms. The molecule has 0 saturated carbocycles. The van der Waals surface area contributed by atoms with E-state index in [9.17, 15) is 14.4 Å². The third-order valence-corrected chi connectivity index (χ3v) is 9.59. The van der Waals surface area contributed by atoms with Gasteiger partial charge in [0.25, 0.3) is 5.91 Å². The monoisotopic (exact) mass is 696 g/mol. The Bertz CT molecular complexity index is 1530. The van der Waals surface area contributed by atoms with Gasteiger partial charge in [0.1, 0.15) is 5.75 Å². The molecule has 1 heterocycles. The van der Waals surface area contributed by atoms with Crippen molar-refractivity contribution < 1.29 is 19.1 Å². The van der Waals surface area contributed by atoms with Crippen molar-refractivity contribution in [2.24, 2.45) is 10.8 Å². The number of hydrogen-bond acceptors (Lipinski definition) is 5. The molecule has 222 valence electrons. The molecule has 0 unspecified atom stereocenters. The van der Waals surface area contributed by atoms with E-state index < -0.39 is 5.92 Å². The van der Waals surface area contributed by atoms with Crippen LogP contribution >= 0.6 is 31.9 Å². The number of nitrogens with zero attached hydrogens (tertiary/aromatic N) is 1. The number of aryl methyl sites for hydroxylation is 2. The highest BCUT2D eigenvalue weighted by Gasteiger charge is 2.49. The van der Waals surface area contributed by atoms with E-state index in [4.69, 9.17) is 4.74 Å². The van der Waals surface area contributed by atoms with Crippen molar-refractivity contribution in [1.29, 1.82) is 0 Å². The van der Waals surface area contributed by atoms with Gasteiger partial charge in [-0.2, -0.15) is 0 Å². The molecule has 1 amide bonds. The highest BCUT2D eigenvalue weighted by Crippen LogP contribution is 2.56. The Kier molecular flexibility index (Phi) is 8.12. The Morgan fingerprint density at radius 2 is 1.50 bits per heavy atom. The maximum absolute atomic E-state index is 13.9. The van der Waals surface area contributed by atoms with Gasteiger partial charge in [0, 0.05) is 64.1 Å². The summed E-state index contributed by atoms with van der Waals surface area (Å²) in [5.41, 5.74) is 6.34. The molecule has 2 aromatic rings. The first-order valence-corrected chi connectivity index (χ1v) is 15.9. The zero-order valence-electron chi connectivity index (χ0n) is 25.3. The molecule has 2 aromatic carbocycles. The SMILES string of the molecule is Cc1ccc(C)c(NC(=O)COc2c(Br)cc(Br)cc2C2C3=C(CC(C)(C)CC3=O)N(C)C3=C2C(=O)CC(C)(C)C3)c1. The molecule has 3 aliphatic rings. The van der Waals surface area contributed by atoms with Crippen LogP contribution in [0.3, 0.4) is 0 Å². The van der Waals surface area contributed by atoms with Crippen molar-refractivity contribution in [2.75, 3.05) is 19.0 Å². The summed E-state index contributed by atoms with van der Waals surface area (Å²) < 4.78 is 7.68. The second-order valence-corrected chi connectivity index (χ2v) is 15.3. The molecular weight excluding hydrogens is 660 g/mol. The van der Waals surface area contributed by atoms with Gasteiger partial charge in [-0.1, -0.05) is 55.8 Å². The van der Waals surface area contributed by atoms with Crippen LogP contribution < -0.4 is 10.1 Å². The minimum absolute atomic E-state index is 0.0528. The van der Waals surface area contributed by atoms with Gasteiger partial charge in [0.15, 0.2) is 18.2 Å². The van der Waals surface area contributed by atoms with E-state index in [0.29, 0.717) is 39.8 Å². The molecule has 1 N–H and O–H groups in total. The molecular formula is C34H38Br2N2O4. The third-order valence-electron chi connectivity index (χ3n) is 8.54. The van der Waals surface area contributed by atoms with E-state index in [-0.39, 0.29) is 34.9 Å². The smallest absolute Gasteiger partial charge is 0.262 e. The Morgan fingerprint density at radius 3 is 2.07 bits per heavy atom. The largest absolute Gasteiger partial charge is 0.482 e. The van der Waals surface area contributed by atoms with Gasteiger partial charge in [-0.05, 0) is 82.8 Å². The quantitative estimate of drug-likeness (QED) is 0.341. The number of Topliss-reactive ketones (excluding diaryl/α,β-unsaturated/α-hetero) is 2. The van der Waals surface area contributed by atoms with Crippen LogP contribution in [0, 0.1) is 24.7 Å². The molecule has 0 radical (unpaired) electrons. The molecule has 0 fully saturated rings. The summed E-state index contributed by atoms with van der Waals surface area (Å²) in [6.45, 7) is 12.2. The van der Waals surface area contributed by atoms with E-state index in [1.54, 1.807) is 0 Å². The number of benzene rings is 2. The predicted molar refractivity (Wildman–Crippen MR) is 172 cm³/mol. The minimum Gasteiger partial charge on any atom is -0.482 e. The molecule has 0 atom stereocenters. The lowest BCUT2D eigenvalue weighted by molar-refractivity contribution is -0.120. The molecule has 0 aromatic heterocycles. The summed E-state index contributed by atoms with van der Waals surface area (Å²) in [5.74, 6) is -0.310. The van der Waals surface area contributed by atoms with Gasteiger partial charge in [0.2, 0.25) is 0 Å². The highest BCUT2D eigenvalue weighted by molar-refractivity contribution is 9.11. The van der Waals surface area contributed by atoms with Gasteiger partial charge in [-0.3, -0.25) is 14.4 Å². The van der Waals surface area contributed by atoms with Crippen LogP contribution in [-0.2, 0) is 14.4 Å². The normalized spacial score (nSPS) is 20.0. The minimum atomic E-state index is -0.579. The molecule has 5 rings (SSSR count). The number of amides is 1.